The molecule has 4 nitrogen and oxygen atoms in total. The quantitative estimate of drug-likeness (QED) is 0.821. The van der Waals surface area contributed by atoms with Crippen molar-refractivity contribution in [2.24, 2.45) is 0 Å². The number of urea groups is 1. The van der Waals surface area contributed by atoms with E-state index in [1.807, 2.05) is 30.5 Å². The van der Waals surface area contributed by atoms with Crippen molar-refractivity contribution in [3.8, 4) is 0 Å². The van der Waals surface area contributed by atoms with Crippen LogP contribution in [-0.4, -0.2) is 43.5 Å². The number of carbonyl (C=O) groups is 1. The number of anilines is 1. The molecule has 1 aromatic carbocycles. The molecule has 2 rings (SSSR count). The molecule has 0 bridgehead atoms. The van der Waals surface area contributed by atoms with E-state index in [9.17, 15) is 4.79 Å². The van der Waals surface area contributed by atoms with Gasteiger partial charge in [-0.05, 0) is 30.5 Å². The summed E-state index contributed by atoms with van der Waals surface area (Å²) in [4.78, 5) is 14.8. The molecule has 92 valence electrons. The van der Waals surface area contributed by atoms with Gasteiger partial charge in [0, 0.05) is 23.7 Å². The van der Waals surface area contributed by atoms with Gasteiger partial charge < -0.3 is 15.0 Å². The Morgan fingerprint density at radius 1 is 1.29 bits per heavy atom. The molecule has 1 aromatic rings. The SMILES string of the molecule is CSc1ccc(NC(=O)N2CCOCC2)cc1. The number of amides is 2. The van der Waals surface area contributed by atoms with E-state index in [1.165, 1.54) is 4.90 Å². The number of nitrogens with one attached hydrogen (secondary N) is 1. The Morgan fingerprint density at radius 3 is 2.53 bits per heavy atom. The van der Waals surface area contributed by atoms with E-state index in [2.05, 4.69) is 5.32 Å². The zero-order chi connectivity index (χ0) is 12.1. The highest BCUT2D eigenvalue weighted by atomic mass is 32.2. The lowest BCUT2D eigenvalue weighted by Crippen LogP contribution is -2.43. The average Bonchev–Trinajstić information content (AvgIpc) is 2.40. The lowest BCUT2D eigenvalue weighted by Gasteiger charge is -2.26. The summed E-state index contributed by atoms with van der Waals surface area (Å²) in [5, 5.41) is 2.89. The van der Waals surface area contributed by atoms with Gasteiger partial charge in [-0.25, -0.2) is 4.79 Å². The summed E-state index contributed by atoms with van der Waals surface area (Å²) in [6, 6.07) is 7.79. The van der Waals surface area contributed by atoms with E-state index < -0.39 is 0 Å². The maximum atomic E-state index is 11.9. The van der Waals surface area contributed by atoms with Gasteiger partial charge in [0.2, 0.25) is 0 Å². The topological polar surface area (TPSA) is 41.6 Å². The highest BCUT2D eigenvalue weighted by Crippen LogP contribution is 2.17. The van der Waals surface area contributed by atoms with Crippen molar-refractivity contribution in [2.45, 2.75) is 4.90 Å². The molecule has 0 saturated carbocycles. The van der Waals surface area contributed by atoms with E-state index in [-0.39, 0.29) is 6.03 Å². The molecule has 0 atom stereocenters. The Balaban J connectivity index is 1.92. The molecule has 0 spiro atoms. The summed E-state index contributed by atoms with van der Waals surface area (Å²) in [6.45, 7) is 2.57. The van der Waals surface area contributed by atoms with Crippen LogP contribution in [0.4, 0.5) is 10.5 Å². The minimum Gasteiger partial charge on any atom is -0.378 e. The number of rotatable bonds is 2. The molecule has 1 fully saturated rings. The van der Waals surface area contributed by atoms with Crippen LogP contribution in [0.2, 0.25) is 0 Å². The van der Waals surface area contributed by atoms with Crippen molar-refractivity contribution in [1.29, 1.82) is 0 Å². The Morgan fingerprint density at radius 2 is 1.94 bits per heavy atom. The fourth-order valence-electron chi connectivity index (χ4n) is 1.64. The molecular weight excluding hydrogens is 236 g/mol. The van der Waals surface area contributed by atoms with Gasteiger partial charge in [0.15, 0.2) is 0 Å². The van der Waals surface area contributed by atoms with Crippen LogP contribution in [-0.2, 0) is 4.74 Å². The molecule has 5 heteroatoms. The third kappa shape index (κ3) is 3.38. The summed E-state index contributed by atoms with van der Waals surface area (Å²) >= 11 is 1.68. The number of benzene rings is 1. The van der Waals surface area contributed by atoms with Crippen molar-refractivity contribution in [3.63, 3.8) is 0 Å². The summed E-state index contributed by atoms with van der Waals surface area (Å²) in [6.07, 6.45) is 2.03. The third-order valence-corrected chi connectivity index (χ3v) is 3.38. The Bertz CT molecular complexity index is 375. The molecule has 1 N–H and O–H groups in total. The van der Waals surface area contributed by atoms with Gasteiger partial charge in [-0.1, -0.05) is 0 Å². The number of ether oxygens (including phenoxy) is 1. The monoisotopic (exact) mass is 252 g/mol. The van der Waals surface area contributed by atoms with E-state index >= 15 is 0 Å². The van der Waals surface area contributed by atoms with Crippen LogP contribution in [0.15, 0.2) is 29.2 Å². The summed E-state index contributed by atoms with van der Waals surface area (Å²) in [7, 11) is 0. The first-order valence-corrected chi connectivity index (χ1v) is 6.80. The second-order valence-electron chi connectivity index (χ2n) is 3.76. The maximum absolute atomic E-state index is 11.9. The highest BCUT2D eigenvalue weighted by Gasteiger charge is 2.16. The molecule has 1 saturated heterocycles. The summed E-state index contributed by atoms with van der Waals surface area (Å²) in [5.41, 5.74) is 0.833. The number of nitrogens with zero attached hydrogens (tertiary/aromatic N) is 1. The normalized spacial score (nSPS) is 15.7. The molecular formula is C12H16N2O2S. The van der Waals surface area contributed by atoms with Crippen molar-refractivity contribution in [1.82, 2.24) is 4.90 Å². The number of hydrogen-bond donors (Lipinski definition) is 1. The highest BCUT2D eigenvalue weighted by molar-refractivity contribution is 7.98. The molecule has 0 unspecified atom stereocenters. The van der Waals surface area contributed by atoms with Crippen molar-refractivity contribution in [3.05, 3.63) is 24.3 Å². The van der Waals surface area contributed by atoms with E-state index in [1.54, 1.807) is 16.7 Å². The van der Waals surface area contributed by atoms with E-state index in [4.69, 9.17) is 4.74 Å². The zero-order valence-electron chi connectivity index (χ0n) is 9.81. The summed E-state index contributed by atoms with van der Waals surface area (Å²) < 4.78 is 5.21. The predicted molar refractivity (Wildman–Crippen MR) is 69.6 cm³/mol. The molecule has 2 amide bonds. The third-order valence-electron chi connectivity index (χ3n) is 2.64. The minimum absolute atomic E-state index is 0.0507. The zero-order valence-corrected chi connectivity index (χ0v) is 10.6. The predicted octanol–water partition coefficient (Wildman–Crippen LogP) is 2.27. The fraction of sp³-hybridized carbons (Fsp3) is 0.417. The average molecular weight is 252 g/mol. The molecule has 17 heavy (non-hydrogen) atoms. The van der Waals surface area contributed by atoms with E-state index in [0.717, 1.165) is 5.69 Å². The van der Waals surface area contributed by atoms with Gasteiger partial charge in [-0.2, -0.15) is 0 Å². The first-order chi connectivity index (χ1) is 8.29. The smallest absolute Gasteiger partial charge is 0.321 e. The van der Waals surface area contributed by atoms with Crippen LogP contribution in [0.3, 0.4) is 0 Å². The lowest BCUT2D eigenvalue weighted by atomic mass is 10.3. The number of thioether (sulfide) groups is 1. The van der Waals surface area contributed by atoms with Gasteiger partial charge in [0.05, 0.1) is 13.2 Å². The first-order valence-electron chi connectivity index (χ1n) is 5.57. The van der Waals surface area contributed by atoms with Crippen molar-refractivity contribution in [2.75, 3.05) is 37.9 Å². The van der Waals surface area contributed by atoms with Crippen molar-refractivity contribution < 1.29 is 9.53 Å². The van der Waals surface area contributed by atoms with Crippen LogP contribution < -0.4 is 5.32 Å². The molecule has 1 aliphatic heterocycles. The lowest BCUT2D eigenvalue weighted by molar-refractivity contribution is 0.0564. The second kappa shape index (κ2) is 5.93. The minimum atomic E-state index is -0.0507. The van der Waals surface area contributed by atoms with Gasteiger partial charge in [0.1, 0.15) is 0 Å². The number of hydrogen-bond acceptors (Lipinski definition) is 3. The molecule has 0 aromatic heterocycles. The van der Waals surface area contributed by atoms with Crippen LogP contribution in [0.25, 0.3) is 0 Å². The standard InChI is InChI=1S/C12H16N2O2S/c1-17-11-4-2-10(3-5-11)13-12(15)14-6-8-16-9-7-14/h2-5H,6-9H2,1H3,(H,13,15). The van der Waals surface area contributed by atoms with Gasteiger partial charge in [-0.15, -0.1) is 11.8 Å². The van der Waals surface area contributed by atoms with Gasteiger partial charge in [-0.3, -0.25) is 0 Å². The van der Waals surface area contributed by atoms with Crippen molar-refractivity contribution >= 4 is 23.5 Å². The molecule has 0 radical (unpaired) electrons. The number of morpholine rings is 1. The van der Waals surface area contributed by atoms with Crippen LogP contribution >= 0.6 is 11.8 Å². The van der Waals surface area contributed by atoms with Gasteiger partial charge >= 0.3 is 6.03 Å². The Kier molecular flexibility index (Phi) is 4.28. The first kappa shape index (κ1) is 12.3. The second-order valence-corrected chi connectivity index (χ2v) is 4.64. The molecule has 1 heterocycles. The Hall–Kier alpha value is -1.20. The van der Waals surface area contributed by atoms with E-state index in [0.29, 0.717) is 26.3 Å². The molecule has 0 aliphatic carbocycles. The maximum Gasteiger partial charge on any atom is 0.321 e. The van der Waals surface area contributed by atoms with Gasteiger partial charge in [0.25, 0.3) is 0 Å². The Labute approximate surface area is 105 Å². The van der Waals surface area contributed by atoms with Crippen LogP contribution in [0.1, 0.15) is 0 Å². The molecule has 1 aliphatic rings. The fourth-order valence-corrected chi connectivity index (χ4v) is 2.05. The largest absolute Gasteiger partial charge is 0.378 e. The van der Waals surface area contributed by atoms with Crippen LogP contribution in [0, 0.1) is 0 Å². The van der Waals surface area contributed by atoms with Crippen LogP contribution in [0.5, 0.6) is 0 Å². The summed E-state index contributed by atoms with van der Waals surface area (Å²) in [5.74, 6) is 0. The number of carbonyl (C=O) groups excluding carboxylic acids is 1.